The zero-order chi connectivity index (χ0) is 20.7. The van der Waals surface area contributed by atoms with Crippen molar-refractivity contribution in [2.24, 2.45) is 0 Å². The largest absolute Gasteiger partial charge is 0.349 e. The molecule has 1 aliphatic carbocycles. The van der Waals surface area contributed by atoms with Gasteiger partial charge in [0.05, 0.1) is 9.86 Å². The van der Waals surface area contributed by atoms with Crippen LogP contribution in [0.3, 0.4) is 0 Å². The number of halogens is 1. The molecular formula is C23H18BrN4O2+. The molecular weight excluding hydrogens is 444 g/mol. The molecule has 0 aliphatic heterocycles. The number of hydrogen-bond acceptors (Lipinski definition) is 3. The molecule has 0 spiro atoms. The third kappa shape index (κ3) is 3.52. The van der Waals surface area contributed by atoms with Crippen molar-refractivity contribution in [3.05, 3.63) is 87.5 Å². The Hall–Kier alpha value is -3.32. The number of aromatic nitrogens is 3. The summed E-state index contributed by atoms with van der Waals surface area (Å²) in [5, 5.41) is 3.33. The molecule has 6 nitrogen and oxygen atoms in total. The maximum atomic E-state index is 13.0. The van der Waals surface area contributed by atoms with Crippen LogP contribution in [0.2, 0.25) is 0 Å². The van der Waals surface area contributed by atoms with Gasteiger partial charge in [0.2, 0.25) is 5.43 Å². The van der Waals surface area contributed by atoms with Crippen molar-refractivity contribution in [3.8, 4) is 16.8 Å². The minimum absolute atomic E-state index is 0.128. The minimum Gasteiger partial charge on any atom is -0.349 e. The second-order valence-corrected chi connectivity index (χ2v) is 8.27. The molecule has 0 saturated heterocycles. The van der Waals surface area contributed by atoms with Crippen molar-refractivity contribution < 1.29 is 9.78 Å². The molecule has 148 valence electrons. The molecule has 2 N–H and O–H groups in total. The fourth-order valence-electron chi connectivity index (χ4n) is 3.45. The highest BCUT2D eigenvalue weighted by molar-refractivity contribution is 9.10. The highest BCUT2D eigenvalue weighted by Crippen LogP contribution is 2.25. The van der Waals surface area contributed by atoms with E-state index < -0.39 is 0 Å². The van der Waals surface area contributed by atoms with Gasteiger partial charge in [-0.2, -0.15) is 0 Å². The van der Waals surface area contributed by atoms with E-state index in [0.29, 0.717) is 11.0 Å². The van der Waals surface area contributed by atoms with Crippen LogP contribution in [-0.4, -0.2) is 21.5 Å². The molecule has 1 saturated carbocycles. The summed E-state index contributed by atoms with van der Waals surface area (Å²) in [6, 6.07) is 13.5. The third-order valence-corrected chi connectivity index (χ3v) is 5.59. The van der Waals surface area contributed by atoms with E-state index in [9.17, 15) is 9.59 Å². The van der Waals surface area contributed by atoms with Crippen LogP contribution < -0.4 is 15.7 Å². The van der Waals surface area contributed by atoms with Gasteiger partial charge in [0.25, 0.3) is 5.91 Å². The SMILES string of the molecule is O=C(NC1CC1)c1cn(-c2cccc(-c3c[nH+]cc(Br)c3)c2)c2ncccc2c1=O. The summed E-state index contributed by atoms with van der Waals surface area (Å²) < 4.78 is 2.75. The molecule has 1 amide bonds. The van der Waals surface area contributed by atoms with Gasteiger partial charge in [0, 0.05) is 29.7 Å². The molecule has 7 heteroatoms. The first-order valence-corrected chi connectivity index (χ1v) is 10.5. The fourth-order valence-corrected chi connectivity index (χ4v) is 3.83. The van der Waals surface area contributed by atoms with E-state index in [2.05, 4.69) is 31.2 Å². The van der Waals surface area contributed by atoms with Crippen LogP contribution in [0.15, 0.2) is 76.5 Å². The van der Waals surface area contributed by atoms with Gasteiger partial charge in [-0.1, -0.05) is 12.1 Å². The van der Waals surface area contributed by atoms with Crippen LogP contribution in [-0.2, 0) is 0 Å². The van der Waals surface area contributed by atoms with Gasteiger partial charge in [-0.15, -0.1) is 0 Å². The number of nitrogens with one attached hydrogen (secondary N) is 2. The topological polar surface area (TPSA) is 78.1 Å². The number of nitrogens with zero attached hydrogens (tertiary/aromatic N) is 2. The molecule has 0 unspecified atom stereocenters. The summed E-state index contributed by atoms with van der Waals surface area (Å²) >= 11 is 3.49. The number of fused-ring (bicyclic) bond motifs is 1. The number of aromatic amines is 1. The van der Waals surface area contributed by atoms with E-state index in [-0.39, 0.29) is 22.9 Å². The van der Waals surface area contributed by atoms with E-state index >= 15 is 0 Å². The van der Waals surface area contributed by atoms with Crippen LogP contribution >= 0.6 is 15.9 Å². The molecule has 1 aliphatic rings. The monoisotopic (exact) mass is 461 g/mol. The lowest BCUT2D eigenvalue weighted by Gasteiger charge is -2.14. The quantitative estimate of drug-likeness (QED) is 0.504. The van der Waals surface area contributed by atoms with Crippen LogP contribution in [0.1, 0.15) is 23.2 Å². The third-order valence-electron chi connectivity index (χ3n) is 5.13. The van der Waals surface area contributed by atoms with Crippen molar-refractivity contribution in [2.75, 3.05) is 0 Å². The highest BCUT2D eigenvalue weighted by atomic mass is 79.9. The van der Waals surface area contributed by atoms with Gasteiger partial charge < -0.3 is 9.88 Å². The predicted octanol–water partition coefficient (Wildman–Crippen LogP) is 3.52. The Morgan fingerprint density at radius 2 is 2.00 bits per heavy atom. The normalized spacial score (nSPS) is 13.4. The Morgan fingerprint density at radius 3 is 2.80 bits per heavy atom. The van der Waals surface area contributed by atoms with Crippen LogP contribution in [0.25, 0.3) is 27.8 Å². The smallest absolute Gasteiger partial charge is 0.257 e. The Bertz CT molecular complexity index is 1340. The highest BCUT2D eigenvalue weighted by Gasteiger charge is 2.26. The Balaban J connectivity index is 1.68. The van der Waals surface area contributed by atoms with Gasteiger partial charge in [-0.05, 0) is 64.7 Å². The van der Waals surface area contributed by atoms with E-state index in [1.807, 2.05) is 47.3 Å². The summed E-state index contributed by atoms with van der Waals surface area (Å²) in [7, 11) is 0. The molecule has 0 bridgehead atoms. The summed E-state index contributed by atoms with van der Waals surface area (Å²) in [4.78, 5) is 33.2. The van der Waals surface area contributed by atoms with Crippen LogP contribution in [0.5, 0.6) is 0 Å². The summed E-state index contributed by atoms with van der Waals surface area (Å²) in [5.74, 6) is -0.334. The number of pyridine rings is 3. The first kappa shape index (κ1) is 18.7. The van der Waals surface area contributed by atoms with E-state index in [0.717, 1.165) is 34.1 Å². The molecule has 1 fully saturated rings. The number of rotatable bonds is 4. The van der Waals surface area contributed by atoms with Crippen molar-refractivity contribution in [2.45, 2.75) is 18.9 Å². The molecule has 0 radical (unpaired) electrons. The molecule has 5 rings (SSSR count). The van der Waals surface area contributed by atoms with Gasteiger partial charge in [-0.25, -0.2) is 9.97 Å². The lowest BCUT2D eigenvalue weighted by atomic mass is 10.1. The van der Waals surface area contributed by atoms with Crippen molar-refractivity contribution in [1.82, 2.24) is 14.9 Å². The first-order valence-electron chi connectivity index (χ1n) is 9.69. The maximum absolute atomic E-state index is 13.0. The second-order valence-electron chi connectivity index (χ2n) is 7.35. The van der Waals surface area contributed by atoms with Crippen LogP contribution in [0, 0.1) is 0 Å². The lowest BCUT2D eigenvalue weighted by molar-refractivity contribution is -0.378. The van der Waals surface area contributed by atoms with Gasteiger partial charge in [0.15, 0.2) is 12.4 Å². The van der Waals surface area contributed by atoms with Gasteiger partial charge >= 0.3 is 0 Å². The number of carbonyl (C=O) groups is 1. The van der Waals surface area contributed by atoms with E-state index in [1.165, 1.54) is 0 Å². The Morgan fingerprint density at radius 1 is 1.13 bits per heavy atom. The van der Waals surface area contributed by atoms with Crippen LogP contribution in [0.4, 0.5) is 0 Å². The number of H-pyrrole nitrogens is 1. The van der Waals surface area contributed by atoms with Crippen molar-refractivity contribution in [1.29, 1.82) is 0 Å². The zero-order valence-electron chi connectivity index (χ0n) is 15.9. The number of carbonyl (C=O) groups excluding carboxylic acids is 1. The molecule has 3 heterocycles. The zero-order valence-corrected chi connectivity index (χ0v) is 17.5. The molecule has 3 aromatic heterocycles. The number of benzene rings is 1. The Labute approximate surface area is 180 Å². The maximum Gasteiger partial charge on any atom is 0.257 e. The standard InChI is InChI=1S/C23H17BrN4O2/c24-16-9-15(11-25-12-16)14-3-1-4-18(10-14)28-13-20(23(30)27-17-6-7-17)21(29)19-5-2-8-26-22(19)28/h1-5,8-13,17H,6-7H2,(H,27,30)/p+1. The van der Waals surface area contributed by atoms with Gasteiger partial charge in [0.1, 0.15) is 11.2 Å². The lowest BCUT2D eigenvalue weighted by Crippen LogP contribution is -2.31. The number of amides is 1. The summed E-state index contributed by atoms with van der Waals surface area (Å²) in [6.45, 7) is 0. The fraction of sp³-hybridized carbons (Fsp3) is 0.130. The minimum atomic E-state index is -0.334. The first-order chi connectivity index (χ1) is 14.6. The molecule has 30 heavy (non-hydrogen) atoms. The van der Waals surface area contributed by atoms with Crippen molar-refractivity contribution in [3.63, 3.8) is 0 Å². The Kier molecular flexibility index (Phi) is 4.67. The molecule has 1 aromatic carbocycles. The molecule has 0 atom stereocenters. The number of hydrogen-bond donors (Lipinski definition) is 1. The summed E-state index contributed by atoms with van der Waals surface area (Å²) in [6.07, 6.45) is 8.94. The summed E-state index contributed by atoms with van der Waals surface area (Å²) in [5.41, 5.74) is 3.17. The van der Waals surface area contributed by atoms with Crippen molar-refractivity contribution >= 4 is 32.9 Å². The van der Waals surface area contributed by atoms with E-state index in [4.69, 9.17) is 0 Å². The average molecular weight is 462 g/mol. The molecule has 4 aromatic rings. The average Bonchev–Trinajstić information content (AvgIpc) is 3.58. The predicted molar refractivity (Wildman–Crippen MR) is 118 cm³/mol. The van der Waals surface area contributed by atoms with Gasteiger partial charge in [-0.3, -0.25) is 9.59 Å². The second kappa shape index (κ2) is 7.50. The van der Waals surface area contributed by atoms with E-state index in [1.54, 1.807) is 24.5 Å².